The number of methoxy groups -OCH3 is 1. The van der Waals surface area contributed by atoms with Crippen LogP contribution in [0.4, 0.5) is 0 Å². The molecule has 0 saturated carbocycles. The zero-order valence-electron chi connectivity index (χ0n) is 12.2. The number of aliphatic hydroxyl groups excluding tert-OH is 1. The fraction of sp³-hybridized carbons (Fsp3) is 0.294. The molecule has 0 aliphatic carbocycles. The molecular weight excluding hydrogens is 266 g/mol. The average Bonchev–Trinajstić information content (AvgIpc) is 2.54. The third-order valence-electron chi connectivity index (χ3n) is 3.34. The number of rotatable bonds is 7. The molecule has 21 heavy (non-hydrogen) atoms. The van der Waals surface area contributed by atoms with Gasteiger partial charge in [0.2, 0.25) is 0 Å². The highest BCUT2D eigenvalue weighted by Gasteiger charge is 2.14. The monoisotopic (exact) mass is 287 g/mol. The molecule has 0 radical (unpaired) electrons. The molecule has 2 aromatic rings. The normalized spacial score (nSPS) is 10.4. The predicted octanol–water partition coefficient (Wildman–Crippen LogP) is 2.27. The maximum atomic E-state index is 9.67. The molecule has 0 unspecified atom stereocenters. The van der Waals surface area contributed by atoms with Crippen molar-refractivity contribution in [2.45, 2.75) is 19.6 Å². The van der Waals surface area contributed by atoms with E-state index in [0.29, 0.717) is 31.1 Å². The molecule has 2 rings (SSSR count). The second kappa shape index (κ2) is 7.67. The molecule has 0 spiro atoms. The van der Waals surface area contributed by atoms with Crippen LogP contribution in [0.15, 0.2) is 42.5 Å². The Kier molecular flexibility index (Phi) is 5.60. The Morgan fingerprint density at radius 2 is 1.86 bits per heavy atom. The van der Waals surface area contributed by atoms with Crippen LogP contribution in [0.2, 0.25) is 0 Å². The van der Waals surface area contributed by atoms with Crippen LogP contribution in [-0.4, -0.2) is 18.8 Å². The first-order chi connectivity index (χ1) is 10.3. The van der Waals surface area contributed by atoms with Crippen molar-refractivity contribution in [3.63, 3.8) is 0 Å². The summed E-state index contributed by atoms with van der Waals surface area (Å²) in [6, 6.07) is 13.7. The number of hydrogen-bond acceptors (Lipinski definition) is 4. The highest BCUT2D eigenvalue weighted by atomic mass is 16.5. The minimum Gasteiger partial charge on any atom is -0.493 e. The van der Waals surface area contributed by atoms with Crippen LogP contribution in [0.1, 0.15) is 16.7 Å². The first-order valence-corrected chi connectivity index (χ1v) is 6.96. The maximum absolute atomic E-state index is 9.67. The van der Waals surface area contributed by atoms with Gasteiger partial charge in [-0.25, -0.2) is 0 Å². The number of nitrogens with two attached hydrogens (primary N) is 1. The Hall–Kier alpha value is -2.04. The van der Waals surface area contributed by atoms with Crippen molar-refractivity contribution in [3.05, 3.63) is 59.2 Å². The van der Waals surface area contributed by atoms with Gasteiger partial charge in [0.05, 0.1) is 13.7 Å². The second-order valence-electron chi connectivity index (χ2n) is 4.71. The van der Waals surface area contributed by atoms with Crippen molar-refractivity contribution in [2.75, 3.05) is 13.7 Å². The van der Waals surface area contributed by atoms with Crippen molar-refractivity contribution in [3.8, 4) is 11.5 Å². The van der Waals surface area contributed by atoms with Gasteiger partial charge in [-0.15, -0.1) is 0 Å². The number of aliphatic hydroxyl groups is 1. The van der Waals surface area contributed by atoms with Crippen LogP contribution in [0, 0.1) is 0 Å². The van der Waals surface area contributed by atoms with Crippen LogP contribution in [0.25, 0.3) is 0 Å². The highest BCUT2D eigenvalue weighted by Crippen LogP contribution is 2.34. The average molecular weight is 287 g/mol. The van der Waals surface area contributed by atoms with Crippen molar-refractivity contribution >= 4 is 0 Å². The summed E-state index contributed by atoms with van der Waals surface area (Å²) in [6.07, 6.45) is 0.696. The van der Waals surface area contributed by atoms with Gasteiger partial charge in [-0.1, -0.05) is 36.4 Å². The SMILES string of the molecule is COc1ccc(CCN)c(CO)c1OCc1ccccc1. The maximum Gasteiger partial charge on any atom is 0.167 e. The van der Waals surface area contributed by atoms with Crippen LogP contribution in [0.5, 0.6) is 11.5 Å². The van der Waals surface area contributed by atoms with E-state index in [1.54, 1.807) is 7.11 Å². The van der Waals surface area contributed by atoms with Crippen molar-refractivity contribution in [1.29, 1.82) is 0 Å². The fourth-order valence-corrected chi connectivity index (χ4v) is 2.26. The molecule has 0 fully saturated rings. The van der Waals surface area contributed by atoms with E-state index in [4.69, 9.17) is 15.2 Å². The number of hydrogen-bond donors (Lipinski definition) is 2. The van der Waals surface area contributed by atoms with E-state index in [-0.39, 0.29) is 6.61 Å². The predicted molar refractivity (Wildman–Crippen MR) is 82.4 cm³/mol. The first kappa shape index (κ1) is 15.4. The lowest BCUT2D eigenvalue weighted by Crippen LogP contribution is -2.08. The Balaban J connectivity index is 2.28. The van der Waals surface area contributed by atoms with Crippen LogP contribution >= 0.6 is 0 Å². The van der Waals surface area contributed by atoms with Gasteiger partial charge < -0.3 is 20.3 Å². The highest BCUT2D eigenvalue weighted by molar-refractivity contribution is 5.50. The lowest BCUT2D eigenvalue weighted by Gasteiger charge is -2.17. The zero-order chi connectivity index (χ0) is 15.1. The minimum absolute atomic E-state index is 0.101. The molecule has 0 aromatic heterocycles. The van der Waals surface area contributed by atoms with Crippen molar-refractivity contribution in [2.24, 2.45) is 5.73 Å². The van der Waals surface area contributed by atoms with Crippen molar-refractivity contribution in [1.82, 2.24) is 0 Å². The summed E-state index contributed by atoms with van der Waals surface area (Å²) in [5.74, 6) is 1.21. The molecule has 4 heteroatoms. The summed E-state index contributed by atoms with van der Waals surface area (Å²) in [7, 11) is 1.59. The third kappa shape index (κ3) is 3.74. The van der Waals surface area contributed by atoms with Gasteiger partial charge >= 0.3 is 0 Å². The van der Waals surface area contributed by atoms with Crippen LogP contribution in [0.3, 0.4) is 0 Å². The van der Waals surface area contributed by atoms with Crippen molar-refractivity contribution < 1.29 is 14.6 Å². The Morgan fingerprint density at radius 3 is 2.48 bits per heavy atom. The molecule has 0 aliphatic heterocycles. The van der Waals surface area contributed by atoms with Crippen LogP contribution in [-0.2, 0) is 19.6 Å². The van der Waals surface area contributed by atoms with Gasteiger partial charge in [0.1, 0.15) is 6.61 Å². The zero-order valence-corrected chi connectivity index (χ0v) is 12.2. The van der Waals surface area contributed by atoms with Gasteiger partial charge in [-0.05, 0) is 30.2 Å². The van der Waals surface area contributed by atoms with Gasteiger partial charge in [0, 0.05) is 5.56 Å². The van der Waals surface area contributed by atoms with Gasteiger partial charge in [0.15, 0.2) is 11.5 Å². The largest absolute Gasteiger partial charge is 0.493 e. The molecule has 0 heterocycles. The molecule has 2 aromatic carbocycles. The number of benzene rings is 2. The molecule has 112 valence electrons. The molecule has 3 N–H and O–H groups in total. The fourth-order valence-electron chi connectivity index (χ4n) is 2.26. The third-order valence-corrected chi connectivity index (χ3v) is 3.34. The molecule has 0 saturated heterocycles. The van der Waals surface area contributed by atoms with E-state index in [0.717, 1.165) is 16.7 Å². The summed E-state index contributed by atoms with van der Waals surface area (Å²) in [5.41, 5.74) is 8.41. The molecule has 0 amide bonds. The Morgan fingerprint density at radius 1 is 1.10 bits per heavy atom. The molecular formula is C17H21NO3. The van der Waals surface area contributed by atoms with E-state index in [1.165, 1.54) is 0 Å². The Labute approximate surface area is 125 Å². The molecule has 0 aliphatic rings. The molecule has 4 nitrogen and oxygen atoms in total. The lowest BCUT2D eigenvalue weighted by molar-refractivity contribution is 0.248. The summed E-state index contributed by atoms with van der Waals surface area (Å²) in [4.78, 5) is 0. The van der Waals surface area contributed by atoms with Gasteiger partial charge in [0.25, 0.3) is 0 Å². The van der Waals surface area contributed by atoms with Gasteiger partial charge in [-0.3, -0.25) is 0 Å². The van der Waals surface area contributed by atoms with Crippen LogP contribution < -0.4 is 15.2 Å². The lowest BCUT2D eigenvalue weighted by atomic mass is 10.0. The standard InChI is InChI=1S/C17H21NO3/c1-20-16-8-7-14(9-10-18)15(11-19)17(16)21-12-13-5-3-2-4-6-13/h2-8,19H,9-12,18H2,1H3. The summed E-state index contributed by atoms with van der Waals surface area (Å²) < 4.78 is 11.2. The van der Waals surface area contributed by atoms with E-state index >= 15 is 0 Å². The summed E-state index contributed by atoms with van der Waals surface area (Å²) in [5, 5.41) is 9.67. The first-order valence-electron chi connectivity index (χ1n) is 6.96. The van der Waals surface area contributed by atoms with E-state index in [1.807, 2.05) is 42.5 Å². The van der Waals surface area contributed by atoms with E-state index in [2.05, 4.69) is 0 Å². The molecule has 0 bridgehead atoms. The topological polar surface area (TPSA) is 64.7 Å². The van der Waals surface area contributed by atoms with Gasteiger partial charge in [-0.2, -0.15) is 0 Å². The Bertz CT molecular complexity index is 570. The second-order valence-corrected chi connectivity index (χ2v) is 4.71. The summed E-state index contributed by atoms with van der Waals surface area (Å²) >= 11 is 0. The smallest absolute Gasteiger partial charge is 0.167 e. The minimum atomic E-state index is -0.101. The molecule has 0 atom stereocenters. The van der Waals surface area contributed by atoms with E-state index < -0.39 is 0 Å². The van der Waals surface area contributed by atoms with E-state index in [9.17, 15) is 5.11 Å². The quantitative estimate of drug-likeness (QED) is 0.820. The number of ether oxygens (including phenoxy) is 2. The summed E-state index contributed by atoms with van der Waals surface area (Å²) in [6.45, 7) is 0.852.